The van der Waals surface area contributed by atoms with Crippen molar-refractivity contribution in [1.82, 2.24) is 9.97 Å². The van der Waals surface area contributed by atoms with Gasteiger partial charge in [-0.25, -0.2) is 10.8 Å². The van der Waals surface area contributed by atoms with E-state index >= 15 is 0 Å². The minimum atomic E-state index is 0.459. The van der Waals surface area contributed by atoms with Crippen LogP contribution in [0.5, 0.6) is 0 Å². The van der Waals surface area contributed by atoms with Crippen molar-refractivity contribution in [3.05, 3.63) is 10.7 Å². The van der Waals surface area contributed by atoms with Crippen LogP contribution in [0.2, 0.25) is 0 Å². The summed E-state index contributed by atoms with van der Waals surface area (Å²) in [6.45, 7) is 6.69. The van der Waals surface area contributed by atoms with Crippen molar-refractivity contribution < 1.29 is 0 Å². The van der Waals surface area contributed by atoms with E-state index in [0.29, 0.717) is 11.4 Å². The van der Waals surface area contributed by atoms with Crippen molar-refractivity contribution in [1.29, 1.82) is 0 Å². The first kappa shape index (κ1) is 14.5. The average molecular weight is 328 g/mol. The fraction of sp³-hybridized carbons (Fsp3) is 0.692. The number of nitrogens with two attached hydrogens (primary N) is 1. The van der Waals surface area contributed by atoms with Gasteiger partial charge in [0.05, 0.1) is 4.47 Å². The molecule has 0 amide bonds. The largest absolute Gasteiger partial charge is 0.355 e. The summed E-state index contributed by atoms with van der Waals surface area (Å²) in [6.07, 6.45) is 6.72. The highest BCUT2D eigenvalue weighted by Gasteiger charge is 2.32. The number of hydrogen-bond donors (Lipinski definition) is 2. The predicted molar refractivity (Wildman–Crippen MR) is 82.0 cm³/mol. The van der Waals surface area contributed by atoms with Gasteiger partial charge in [0.25, 0.3) is 0 Å². The normalized spacial score (nSPS) is 18.4. The molecule has 0 saturated carbocycles. The van der Waals surface area contributed by atoms with Crippen molar-refractivity contribution in [2.75, 3.05) is 23.4 Å². The molecular formula is C13H22BrN5. The zero-order chi connectivity index (χ0) is 13.9. The van der Waals surface area contributed by atoms with E-state index in [-0.39, 0.29) is 0 Å². The molecule has 1 aromatic rings. The minimum Gasteiger partial charge on any atom is -0.355 e. The van der Waals surface area contributed by atoms with Gasteiger partial charge in [0.1, 0.15) is 5.82 Å². The van der Waals surface area contributed by atoms with Gasteiger partial charge in [-0.1, -0.05) is 26.7 Å². The van der Waals surface area contributed by atoms with Gasteiger partial charge in [-0.3, -0.25) is 5.43 Å². The van der Waals surface area contributed by atoms with Gasteiger partial charge in [0.15, 0.2) is 0 Å². The summed E-state index contributed by atoms with van der Waals surface area (Å²) < 4.78 is 0.923. The molecule has 1 aromatic heterocycles. The standard InChI is InChI=1S/C13H22BrN5/c1-3-13(4-2)5-7-19(8-6-13)11-10(14)9-16-12(17-11)18-15/h9H,3-8,15H2,1-2H3,(H,16,17,18). The number of nitrogens with zero attached hydrogens (tertiary/aromatic N) is 3. The van der Waals surface area contributed by atoms with Crippen molar-refractivity contribution in [2.24, 2.45) is 11.3 Å². The third-order valence-electron chi connectivity index (χ3n) is 4.48. The van der Waals surface area contributed by atoms with E-state index in [1.54, 1.807) is 6.20 Å². The maximum atomic E-state index is 5.38. The van der Waals surface area contributed by atoms with E-state index in [2.05, 4.69) is 50.1 Å². The minimum absolute atomic E-state index is 0.459. The third kappa shape index (κ3) is 3.00. The Morgan fingerprint density at radius 1 is 1.37 bits per heavy atom. The predicted octanol–water partition coefficient (Wildman–Crippen LogP) is 2.93. The van der Waals surface area contributed by atoms with Crippen LogP contribution in [0.15, 0.2) is 10.7 Å². The molecule has 5 nitrogen and oxygen atoms in total. The smallest absolute Gasteiger partial charge is 0.239 e. The van der Waals surface area contributed by atoms with Gasteiger partial charge in [-0.05, 0) is 34.2 Å². The Kier molecular flexibility index (Phi) is 4.62. The monoisotopic (exact) mass is 327 g/mol. The molecule has 0 unspecified atom stereocenters. The first-order chi connectivity index (χ1) is 9.14. The average Bonchev–Trinajstić information content (AvgIpc) is 2.48. The zero-order valence-electron chi connectivity index (χ0n) is 11.6. The lowest BCUT2D eigenvalue weighted by molar-refractivity contribution is 0.199. The Morgan fingerprint density at radius 2 is 2.00 bits per heavy atom. The molecule has 2 rings (SSSR count). The van der Waals surface area contributed by atoms with E-state index in [4.69, 9.17) is 5.84 Å². The molecule has 1 aliphatic rings. The number of nitrogen functional groups attached to an aromatic ring is 1. The highest BCUT2D eigenvalue weighted by molar-refractivity contribution is 9.10. The lowest BCUT2D eigenvalue weighted by Crippen LogP contribution is -2.40. The third-order valence-corrected chi connectivity index (χ3v) is 5.04. The van der Waals surface area contributed by atoms with E-state index < -0.39 is 0 Å². The second kappa shape index (κ2) is 6.05. The molecule has 106 valence electrons. The van der Waals surface area contributed by atoms with Crippen LogP contribution in [0, 0.1) is 5.41 Å². The fourth-order valence-corrected chi connectivity index (χ4v) is 3.24. The van der Waals surface area contributed by atoms with Gasteiger partial charge < -0.3 is 4.90 Å². The summed E-state index contributed by atoms with van der Waals surface area (Å²) in [5, 5.41) is 0. The fourth-order valence-electron chi connectivity index (χ4n) is 2.80. The van der Waals surface area contributed by atoms with E-state index in [1.807, 2.05) is 0 Å². The van der Waals surface area contributed by atoms with Gasteiger partial charge in [-0.2, -0.15) is 4.98 Å². The van der Waals surface area contributed by atoms with Gasteiger partial charge in [0, 0.05) is 19.3 Å². The molecule has 3 N–H and O–H groups in total. The summed E-state index contributed by atoms with van der Waals surface area (Å²) in [6, 6.07) is 0. The summed E-state index contributed by atoms with van der Waals surface area (Å²) in [5.41, 5.74) is 3.02. The molecule has 0 aliphatic carbocycles. The molecule has 1 saturated heterocycles. The highest BCUT2D eigenvalue weighted by Crippen LogP contribution is 2.39. The summed E-state index contributed by atoms with van der Waals surface area (Å²) in [7, 11) is 0. The molecular weight excluding hydrogens is 306 g/mol. The van der Waals surface area contributed by atoms with Crippen molar-refractivity contribution in [3.63, 3.8) is 0 Å². The van der Waals surface area contributed by atoms with Crippen LogP contribution in [0.1, 0.15) is 39.5 Å². The first-order valence-electron chi connectivity index (χ1n) is 6.88. The lowest BCUT2D eigenvalue weighted by atomic mass is 9.74. The summed E-state index contributed by atoms with van der Waals surface area (Å²) in [5.74, 6) is 6.77. The number of rotatable bonds is 4. The molecule has 0 bridgehead atoms. The molecule has 2 heterocycles. The molecule has 19 heavy (non-hydrogen) atoms. The number of anilines is 2. The SMILES string of the molecule is CCC1(CC)CCN(c2nc(NN)ncc2Br)CC1. The Bertz CT molecular complexity index is 423. The number of aromatic nitrogens is 2. The van der Waals surface area contributed by atoms with E-state index in [0.717, 1.165) is 23.4 Å². The Balaban J connectivity index is 2.13. The maximum absolute atomic E-state index is 5.38. The highest BCUT2D eigenvalue weighted by atomic mass is 79.9. The molecule has 0 aromatic carbocycles. The van der Waals surface area contributed by atoms with Crippen molar-refractivity contribution in [3.8, 4) is 0 Å². The van der Waals surface area contributed by atoms with E-state index in [9.17, 15) is 0 Å². The summed E-state index contributed by atoms with van der Waals surface area (Å²) in [4.78, 5) is 10.9. The molecule has 1 aliphatic heterocycles. The zero-order valence-corrected chi connectivity index (χ0v) is 13.2. The summed E-state index contributed by atoms with van der Waals surface area (Å²) >= 11 is 3.52. The number of halogens is 1. The van der Waals surface area contributed by atoms with Crippen LogP contribution in [0.4, 0.5) is 11.8 Å². The number of hydrazine groups is 1. The Labute approximate surface area is 123 Å². The van der Waals surface area contributed by atoms with E-state index in [1.165, 1.54) is 25.7 Å². The van der Waals surface area contributed by atoms with Gasteiger partial charge in [0.2, 0.25) is 5.95 Å². The Morgan fingerprint density at radius 3 is 2.53 bits per heavy atom. The maximum Gasteiger partial charge on any atom is 0.239 e. The van der Waals surface area contributed by atoms with Gasteiger partial charge >= 0.3 is 0 Å². The van der Waals surface area contributed by atoms with Crippen LogP contribution in [-0.4, -0.2) is 23.1 Å². The second-order valence-corrected chi connectivity index (χ2v) is 6.06. The molecule has 1 fully saturated rings. The topological polar surface area (TPSA) is 67.1 Å². The quantitative estimate of drug-likeness (QED) is 0.657. The molecule has 0 atom stereocenters. The lowest BCUT2D eigenvalue weighted by Gasteiger charge is -2.41. The Hall–Kier alpha value is -0.880. The van der Waals surface area contributed by atoms with Crippen molar-refractivity contribution >= 4 is 27.7 Å². The van der Waals surface area contributed by atoms with Crippen LogP contribution in [-0.2, 0) is 0 Å². The van der Waals surface area contributed by atoms with Crippen LogP contribution in [0.3, 0.4) is 0 Å². The number of hydrogen-bond acceptors (Lipinski definition) is 5. The van der Waals surface area contributed by atoms with Crippen LogP contribution in [0.25, 0.3) is 0 Å². The first-order valence-corrected chi connectivity index (χ1v) is 7.67. The second-order valence-electron chi connectivity index (χ2n) is 5.20. The van der Waals surface area contributed by atoms with Crippen LogP contribution < -0.4 is 16.2 Å². The number of nitrogens with one attached hydrogen (secondary N) is 1. The number of piperidine rings is 1. The van der Waals surface area contributed by atoms with Crippen molar-refractivity contribution in [2.45, 2.75) is 39.5 Å². The van der Waals surface area contributed by atoms with Crippen LogP contribution >= 0.6 is 15.9 Å². The molecule has 0 spiro atoms. The molecule has 6 heteroatoms. The van der Waals surface area contributed by atoms with Gasteiger partial charge in [-0.15, -0.1) is 0 Å². The molecule has 0 radical (unpaired) electrons.